The topological polar surface area (TPSA) is 32.5 Å². The van der Waals surface area contributed by atoms with Crippen LogP contribution in [-0.2, 0) is 13.1 Å². The van der Waals surface area contributed by atoms with E-state index in [4.69, 9.17) is 5.73 Å². The van der Waals surface area contributed by atoms with Crippen molar-refractivity contribution in [2.75, 3.05) is 26.2 Å². The minimum Gasteiger partial charge on any atom is -0.326 e. The fourth-order valence-electron chi connectivity index (χ4n) is 3.48. The molecule has 1 aromatic carbocycles. The fraction of sp³-hybridized carbons (Fsp3) is 0.625. The molecular formula is C16H25N3. The van der Waals surface area contributed by atoms with Crippen LogP contribution in [-0.4, -0.2) is 42.0 Å². The maximum atomic E-state index is 5.72. The molecule has 0 bridgehead atoms. The van der Waals surface area contributed by atoms with Crippen molar-refractivity contribution in [3.05, 3.63) is 35.4 Å². The number of piperidine rings is 1. The second kappa shape index (κ2) is 6.04. The molecule has 2 heterocycles. The van der Waals surface area contributed by atoms with Gasteiger partial charge in [0.05, 0.1) is 0 Å². The summed E-state index contributed by atoms with van der Waals surface area (Å²) in [6.45, 7) is 6.75. The number of nitrogens with zero attached hydrogens (tertiary/aromatic N) is 2. The maximum Gasteiger partial charge on any atom is 0.0235 e. The Hall–Kier alpha value is -0.900. The lowest BCUT2D eigenvalue weighted by atomic mass is 9.99. The number of benzene rings is 1. The van der Waals surface area contributed by atoms with E-state index in [0.29, 0.717) is 6.54 Å². The van der Waals surface area contributed by atoms with E-state index >= 15 is 0 Å². The highest BCUT2D eigenvalue weighted by atomic mass is 15.3. The quantitative estimate of drug-likeness (QED) is 0.898. The molecule has 0 amide bonds. The number of piperazine rings is 1. The SMILES string of the molecule is NCc1cccc(CN2CCN3CCCCC3C2)c1. The van der Waals surface area contributed by atoms with Crippen LogP contribution in [0.4, 0.5) is 0 Å². The highest BCUT2D eigenvalue weighted by molar-refractivity contribution is 5.23. The molecule has 2 N–H and O–H groups in total. The standard InChI is InChI=1S/C16H25N3/c17-11-14-4-3-5-15(10-14)12-18-8-9-19-7-2-1-6-16(19)13-18/h3-5,10,16H,1-2,6-9,11-13,17H2. The van der Waals surface area contributed by atoms with Gasteiger partial charge >= 0.3 is 0 Å². The van der Waals surface area contributed by atoms with Gasteiger partial charge in [-0.3, -0.25) is 9.80 Å². The molecule has 3 rings (SSSR count). The van der Waals surface area contributed by atoms with Gasteiger partial charge in [0.25, 0.3) is 0 Å². The molecule has 2 aliphatic heterocycles. The molecule has 2 saturated heterocycles. The molecule has 3 nitrogen and oxygen atoms in total. The molecule has 2 aliphatic rings. The normalized spacial score (nSPS) is 25.2. The van der Waals surface area contributed by atoms with Crippen LogP contribution in [0.3, 0.4) is 0 Å². The molecule has 104 valence electrons. The molecule has 1 unspecified atom stereocenters. The summed E-state index contributed by atoms with van der Waals surface area (Å²) in [5, 5.41) is 0. The van der Waals surface area contributed by atoms with Crippen LogP contribution in [0.1, 0.15) is 30.4 Å². The summed E-state index contributed by atoms with van der Waals surface area (Å²) in [6.07, 6.45) is 4.20. The van der Waals surface area contributed by atoms with Crippen LogP contribution in [0, 0.1) is 0 Å². The summed E-state index contributed by atoms with van der Waals surface area (Å²) in [5.74, 6) is 0. The summed E-state index contributed by atoms with van der Waals surface area (Å²) in [4.78, 5) is 5.30. The van der Waals surface area contributed by atoms with Crippen molar-refractivity contribution < 1.29 is 0 Å². The van der Waals surface area contributed by atoms with Crippen molar-refractivity contribution in [2.24, 2.45) is 5.73 Å². The second-order valence-corrected chi connectivity index (χ2v) is 5.94. The summed E-state index contributed by atoms with van der Waals surface area (Å²) < 4.78 is 0. The molecule has 19 heavy (non-hydrogen) atoms. The van der Waals surface area contributed by atoms with Crippen molar-refractivity contribution in [1.82, 2.24) is 9.80 Å². The Balaban J connectivity index is 1.60. The Morgan fingerprint density at radius 1 is 1.11 bits per heavy atom. The zero-order valence-electron chi connectivity index (χ0n) is 11.7. The Bertz CT molecular complexity index is 418. The van der Waals surface area contributed by atoms with Crippen molar-refractivity contribution >= 4 is 0 Å². The number of hydrogen-bond acceptors (Lipinski definition) is 3. The third-order valence-corrected chi connectivity index (χ3v) is 4.55. The van der Waals surface area contributed by atoms with Gasteiger partial charge in [-0.2, -0.15) is 0 Å². The first-order valence-electron chi connectivity index (χ1n) is 7.59. The van der Waals surface area contributed by atoms with E-state index in [1.807, 2.05) is 0 Å². The Kier molecular flexibility index (Phi) is 4.16. The predicted octanol–water partition coefficient (Wildman–Crippen LogP) is 1.82. The zero-order chi connectivity index (χ0) is 13.1. The number of hydrogen-bond donors (Lipinski definition) is 1. The van der Waals surface area contributed by atoms with E-state index in [2.05, 4.69) is 34.1 Å². The summed E-state index contributed by atoms with van der Waals surface area (Å²) in [5.41, 5.74) is 8.37. The van der Waals surface area contributed by atoms with Crippen LogP contribution < -0.4 is 5.73 Å². The molecule has 0 aromatic heterocycles. The van der Waals surface area contributed by atoms with Crippen LogP contribution in [0.2, 0.25) is 0 Å². The number of rotatable bonds is 3. The lowest BCUT2D eigenvalue weighted by molar-refractivity contribution is 0.0457. The van der Waals surface area contributed by atoms with Gasteiger partial charge in [-0.05, 0) is 30.5 Å². The van der Waals surface area contributed by atoms with Gasteiger partial charge in [-0.1, -0.05) is 30.7 Å². The fourth-order valence-corrected chi connectivity index (χ4v) is 3.48. The molecular weight excluding hydrogens is 234 g/mol. The van der Waals surface area contributed by atoms with Gasteiger partial charge < -0.3 is 5.73 Å². The first-order valence-corrected chi connectivity index (χ1v) is 7.59. The molecule has 1 atom stereocenters. The summed E-state index contributed by atoms with van der Waals surface area (Å²) in [7, 11) is 0. The van der Waals surface area contributed by atoms with Crippen LogP contribution in [0.5, 0.6) is 0 Å². The van der Waals surface area contributed by atoms with Gasteiger partial charge in [0.1, 0.15) is 0 Å². The van der Waals surface area contributed by atoms with Crippen molar-refractivity contribution in [3.8, 4) is 0 Å². The van der Waals surface area contributed by atoms with E-state index in [-0.39, 0.29) is 0 Å². The molecule has 0 saturated carbocycles. The van der Waals surface area contributed by atoms with E-state index in [9.17, 15) is 0 Å². The monoisotopic (exact) mass is 259 g/mol. The van der Waals surface area contributed by atoms with E-state index in [1.54, 1.807) is 0 Å². The molecule has 2 fully saturated rings. The Morgan fingerprint density at radius 2 is 2.00 bits per heavy atom. The number of fused-ring (bicyclic) bond motifs is 1. The van der Waals surface area contributed by atoms with E-state index in [1.165, 1.54) is 56.6 Å². The lowest BCUT2D eigenvalue weighted by Gasteiger charge is -2.44. The van der Waals surface area contributed by atoms with Gasteiger partial charge in [0.15, 0.2) is 0 Å². The zero-order valence-corrected chi connectivity index (χ0v) is 11.7. The lowest BCUT2D eigenvalue weighted by Crippen LogP contribution is -2.54. The Labute approximate surface area is 116 Å². The van der Waals surface area contributed by atoms with Crippen LogP contribution in [0.25, 0.3) is 0 Å². The minimum atomic E-state index is 0.643. The first kappa shape index (κ1) is 13.1. The predicted molar refractivity (Wildman–Crippen MR) is 78.8 cm³/mol. The largest absolute Gasteiger partial charge is 0.326 e. The first-order chi connectivity index (χ1) is 9.35. The highest BCUT2D eigenvalue weighted by Gasteiger charge is 2.28. The summed E-state index contributed by atoms with van der Waals surface area (Å²) >= 11 is 0. The Morgan fingerprint density at radius 3 is 2.89 bits per heavy atom. The third-order valence-electron chi connectivity index (χ3n) is 4.55. The van der Waals surface area contributed by atoms with Gasteiger partial charge in [0.2, 0.25) is 0 Å². The minimum absolute atomic E-state index is 0.643. The van der Waals surface area contributed by atoms with Gasteiger partial charge in [0, 0.05) is 38.8 Å². The van der Waals surface area contributed by atoms with Crippen LogP contribution in [0.15, 0.2) is 24.3 Å². The molecule has 0 radical (unpaired) electrons. The second-order valence-electron chi connectivity index (χ2n) is 5.94. The summed E-state index contributed by atoms with van der Waals surface area (Å²) in [6, 6.07) is 9.54. The van der Waals surface area contributed by atoms with Crippen molar-refractivity contribution in [2.45, 2.75) is 38.4 Å². The molecule has 1 aromatic rings. The van der Waals surface area contributed by atoms with Gasteiger partial charge in [-0.25, -0.2) is 0 Å². The van der Waals surface area contributed by atoms with Crippen molar-refractivity contribution in [3.63, 3.8) is 0 Å². The molecule has 0 aliphatic carbocycles. The molecule has 0 spiro atoms. The van der Waals surface area contributed by atoms with Gasteiger partial charge in [-0.15, -0.1) is 0 Å². The maximum absolute atomic E-state index is 5.72. The third kappa shape index (κ3) is 3.16. The highest BCUT2D eigenvalue weighted by Crippen LogP contribution is 2.22. The smallest absolute Gasteiger partial charge is 0.0235 e. The average molecular weight is 259 g/mol. The van der Waals surface area contributed by atoms with E-state index in [0.717, 1.165) is 12.6 Å². The van der Waals surface area contributed by atoms with Crippen LogP contribution >= 0.6 is 0 Å². The molecule has 3 heteroatoms. The van der Waals surface area contributed by atoms with Crippen molar-refractivity contribution in [1.29, 1.82) is 0 Å². The number of nitrogens with two attached hydrogens (primary N) is 1. The van der Waals surface area contributed by atoms with E-state index < -0.39 is 0 Å². The average Bonchev–Trinajstić information content (AvgIpc) is 2.47.